The Morgan fingerprint density at radius 3 is 2.21 bits per heavy atom. The van der Waals surface area contributed by atoms with E-state index >= 15 is 0 Å². The molecule has 14 heavy (non-hydrogen) atoms. The summed E-state index contributed by atoms with van der Waals surface area (Å²) in [5.41, 5.74) is 6.23. The van der Waals surface area contributed by atoms with E-state index in [1.807, 2.05) is 7.05 Å². The molecular formula is C13H23N. The SMILES string of the molecule is CCC1=C(/C(C)=C(\CC)NC)C1CC. The summed E-state index contributed by atoms with van der Waals surface area (Å²) in [6, 6.07) is 0. The van der Waals surface area contributed by atoms with Gasteiger partial charge < -0.3 is 5.32 Å². The molecule has 1 aliphatic carbocycles. The summed E-state index contributed by atoms with van der Waals surface area (Å²) in [6.07, 6.45) is 3.61. The van der Waals surface area contributed by atoms with E-state index in [-0.39, 0.29) is 0 Å². The van der Waals surface area contributed by atoms with E-state index in [9.17, 15) is 0 Å². The van der Waals surface area contributed by atoms with Crippen LogP contribution in [0.15, 0.2) is 22.4 Å². The van der Waals surface area contributed by atoms with Gasteiger partial charge in [-0.05, 0) is 37.3 Å². The molecule has 0 aromatic heterocycles. The highest BCUT2D eigenvalue weighted by Gasteiger charge is 2.34. The maximum atomic E-state index is 3.31. The average Bonchev–Trinajstić information content (AvgIpc) is 2.92. The molecule has 0 aromatic carbocycles. The molecule has 1 N–H and O–H groups in total. The van der Waals surface area contributed by atoms with Gasteiger partial charge in [-0.15, -0.1) is 0 Å². The third-order valence-electron chi connectivity index (χ3n) is 3.33. The Morgan fingerprint density at radius 1 is 1.29 bits per heavy atom. The number of nitrogens with one attached hydrogen (secondary N) is 1. The molecule has 1 nitrogen and oxygen atoms in total. The minimum atomic E-state index is 0.801. The van der Waals surface area contributed by atoms with E-state index in [0.29, 0.717) is 0 Å². The second-order valence-electron chi connectivity index (χ2n) is 3.96. The number of allylic oxidation sites excluding steroid dienone is 4. The molecular weight excluding hydrogens is 170 g/mol. The Morgan fingerprint density at radius 2 is 1.93 bits per heavy atom. The zero-order valence-electron chi connectivity index (χ0n) is 10.2. The van der Waals surface area contributed by atoms with Gasteiger partial charge in [-0.3, -0.25) is 0 Å². The second kappa shape index (κ2) is 4.68. The molecule has 1 heteroatoms. The first-order valence-corrected chi connectivity index (χ1v) is 5.81. The lowest BCUT2D eigenvalue weighted by molar-refractivity contribution is 0.790. The van der Waals surface area contributed by atoms with Crippen molar-refractivity contribution in [1.82, 2.24) is 5.32 Å². The largest absolute Gasteiger partial charge is 0.391 e. The predicted octanol–water partition coefficient (Wildman–Crippen LogP) is 3.64. The van der Waals surface area contributed by atoms with Gasteiger partial charge in [-0.25, -0.2) is 0 Å². The van der Waals surface area contributed by atoms with E-state index in [4.69, 9.17) is 0 Å². The van der Waals surface area contributed by atoms with Gasteiger partial charge in [-0.2, -0.15) is 0 Å². The van der Waals surface area contributed by atoms with Crippen LogP contribution in [0.25, 0.3) is 0 Å². The second-order valence-corrected chi connectivity index (χ2v) is 3.96. The first kappa shape index (κ1) is 11.4. The molecule has 0 fully saturated rings. The minimum Gasteiger partial charge on any atom is -0.391 e. The van der Waals surface area contributed by atoms with Gasteiger partial charge >= 0.3 is 0 Å². The Hall–Kier alpha value is -0.720. The topological polar surface area (TPSA) is 12.0 Å². The lowest BCUT2D eigenvalue weighted by Gasteiger charge is -2.07. The summed E-state index contributed by atoms with van der Waals surface area (Å²) >= 11 is 0. The van der Waals surface area contributed by atoms with Crippen molar-refractivity contribution in [3.63, 3.8) is 0 Å². The van der Waals surface area contributed by atoms with Crippen LogP contribution >= 0.6 is 0 Å². The van der Waals surface area contributed by atoms with Gasteiger partial charge in [-0.1, -0.05) is 26.3 Å². The summed E-state index contributed by atoms with van der Waals surface area (Å²) in [5.74, 6) is 0.801. The lowest BCUT2D eigenvalue weighted by Crippen LogP contribution is -2.07. The third-order valence-corrected chi connectivity index (χ3v) is 3.33. The smallest absolute Gasteiger partial charge is 0.0134 e. The van der Waals surface area contributed by atoms with E-state index < -0.39 is 0 Å². The molecule has 0 bridgehead atoms. The van der Waals surface area contributed by atoms with E-state index in [1.54, 1.807) is 11.1 Å². The lowest BCUT2D eigenvalue weighted by atomic mass is 10.1. The molecule has 0 aliphatic heterocycles. The van der Waals surface area contributed by atoms with Crippen molar-refractivity contribution >= 4 is 0 Å². The monoisotopic (exact) mass is 193 g/mol. The van der Waals surface area contributed by atoms with Crippen LogP contribution in [0, 0.1) is 5.92 Å². The minimum absolute atomic E-state index is 0.801. The van der Waals surface area contributed by atoms with Crippen molar-refractivity contribution in [1.29, 1.82) is 0 Å². The summed E-state index contributed by atoms with van der Waals surface area (Å²) in [5, 5.41) is 3.31. The molecule has 0 heterocycles. The highest BCUT2D eigenvalue weighted by atomic mass is 14.8. The van der Waals surface area contributed by atoms with Crippen LogP contribution in [0.5, 0.6) is 0 Å². The molecule has 0 saturated carbocycles. The maximum absolute atomic E-state index is 3.31. The van der Waals surface area contributed by atoms with Crippen molar-refractivity contribution in [3.05, 3.63) is 22.4 Å². The van der Waals surface area contributed by atoms with Crippen LogP contribution in [-0.4, -0.2) is 7.05 Å². The summed E-state index contributed by atoms with van der Waals surface area (Å²) in [4.78, 5) is 0. The standard InChI is InChI=1S/C13H23N/c1-6-10-11(7-2)13(10)9(4)12(8-3)14-5/h10,14H,6-8H2,1-5H3/b12-9+. The zero-order valence-corrected chi connectivity index (χ0v) is 10.2. The first-order valence-electron chi connectivity index (χ1n) is 5.81. The van der Waals surface area contributed by atoms with Gasteiger partial charge in [0, 0.05) is 18.7 Å². The molecule has 0 spiro atoms. The van der Waals surface area contributed by atoms with Gasteiger partial charge in [0.25, 0.3) is 0 Å². The van der Waals surface area contributed by atoms with Gasteiger partial charge in [0.1, 0.15) is 0 Å². The van der Waals surface area contributed by atoms with Crippen LogP contribution < -0.4 is 5.32 Å². The molecule has 1 aliphatic rings. The highest BCUT2D eigenvalue weighted by molar-refractivity contribution is 5.54. The fraction of sp³-hybridized carbons (Fsp3) is 0.692. The van der Waals surface area contributed by atoms with E-state index in [0.717, 1.165) is 12.3 Å². The van der Waals surface area contributed by atoms with Crippen molar-refractivity contribution < 1.29 is 0 Å². The van der Waals surface area contributed by atoms with Crippen LogP contribution in [0.3, 0.4) is 0 Å². The maximum Gasteiger partial charge on any atom is 0.0134 e. The Bertz CT molecular complexity index is 265. The first-order chi connectivity index (χ1) is 6.71. The van der Waals surface area contributed by atoms with Gasteiger partial charge in [0.2, 0.25) is 0 Å². The molecule has 0 amide bonds. The molecule has 0 saturated heterocycles. The molecule has 0 radical (unpaired) electrons. The van der Waals surface area contributed by atoms with E-state index in [1.165, 1.54) is 24.1 Å². The quantitative estimate of drug-likeness (QED) is 0.703. The number of hydrogen-bond acceptors (Lipinski definition) is 1. The number of rotatable bonds is 5. The Labute approximate surface area is 88.3 Å². The van der Waals surface area contributed by atoms with Crippen molar-refractivity contribution in [2.75, 3.05) is 7.05 Å². The molecule has 1 atom stereocenters. The van der Waals surface area contributed by atoms with E-state index in [2.05, 4.69) is 33.0 Å². The predicted molar refractivity (Wildman–Crippen MR) is 63.1 cm³/mol. The van der Waals surface area contributed by atoms with Gasteiger partial charge in [0.15, 0.2) is 0 Å². The molecule has 1 unspecified atom stereocenters. The fourth-order valence-corrected chi connectivity index (χ4v) is 2.50. The number of hydrogen-bond donors (Lipinski definition) is 1. The summed E-state index contributed by atoms with van der Waals surface area (Å²) < 4.78 is 0. The van der Waals surface area contributed by atoms with Crippen molar-refractivity contribution in [3.8, 4) is 0 Å². The normalized spacial score (nSPS) is 22.2. The van der Waals surface area contributed by atoms with Crippen LogP contribution in [0.1, 0.15) is 47.0 Å². The molecule has 1 rings (SSSR count). The van der Waals surface area contributed by atoms with Gasteiger partial charge in [0.05, 0.1) is 0 Å². The summed E-state index contributed by atoms with van der Waals surface area (Å²) in [7, 11) is 2.03. The fourth-order valence-electron chi connectivity index (χ4n) is 2.50. The van der Waals surface area contributed by atoms with Crippen LogP contribution in [-0.2, 0) is 0 Å². The molecule has 0 aromatic rings. The summed E-state index contributed by atoms with van der Waals surface area (Å²) in [6.45, 7) is 9.02. The Kier molecular flexibility index (Phi) is 3.79. The Balaban J connectivity index is 2.84. The average molecular weight is 193 g/mol. The zero-order chi connectivity index (χ0) is 10.7. The molecule has 80 valence electrons. The van der Waals surface area contributed by atoms with Crippen molar-refractivity contribution in [2.24, 2.45) is 5.92 Å². The van der Waals surface area contributed by atoms with Crippen molar-refractivity contribution in [2.45, 2.75) is 47.0 Å². The third kappa shape index (κ3) is 1.87. The van der Waals surface area contributed by atoms with Crippen LogP contribution in [0.2, 0.25) is 0 Å². The van der Waals surface area contributed by atoms with Crippen LogP contribution in [0.4, 0.5) is 0 Å². The highest BCUT2D eigenvalue weighted by Crippen LogP contribution is 2.48.